The highest BCUT2D eigenvalue weighted by atomic mass is 15.2. The lowest BCUT2D eigenvalue weighted by Crippen LogP contribution is -2.54. The molecule has 0 aromatic rings. The van der Waals surface area contributed by atoms with Crippen molar-refractivity contribution in [1.29, 1.82) is 0 Å². The van der Waals surface area contributed by atoms with Gasteiger partial charge in [0.05, 0.1) is 0 Å². The summed E-state index contributed by atoms with van der Waals surface area (Å²) < 4.78 is 0. The van der Waals surface area contributed by atoms with E-state index in [-0.39, 0.29) is 0 Å². The van der Waals surface area contributed by atoms with E-state index in [2.05, 4.69) is 10.2 Å². The van der Waals surface area contributed by atoms with Gasteiger partial charge in [0.1, 0.15) is 0 Å². The predicted octanol–water partition coefficient (Wildman–Crippen LogP) is 0.552. The smallest absolute Gasteiger partial charge is 0.0224 e. The van der Waals surface area contributed by atoms with Gasteiger partial charge in [-0.2, -0.15) is 0 Å². The van der Waals surface area contributed by atoms with Gasteiger partial charge in [-0.3, -0.25) is 4.90 Å². The van der Waals surface area contributed by atoms with Crippen molar-refractivity contribution in [1.82, 2.24) is 10.2 Å². The van der Waals surface area contributed by atoms with Crippen LogP contribution in [0.4, 0.5) is 0 Å². The number of likely N-dealkylation sites (tertiary alicyclic amines) is 1. The summed E-state index contributed by atoms with van der Waals surface area (Å²) in [6.07, 6.45) is 6.75. The van der Waals surface area contributed by atoms with Gasteiger partial charge in [0, 0.05) is 25.2 Å². The molecule has 2 saturated heterocycles. The van der Waals surface area contributed by atoms with Crippen LogP contribution in [0.15, 0.2) is 0 Å². The lowest BCUT2D eigenvalue weighted by molar-refractivity contribution is 0.0836. The van der Waals surface area contributed by atoms with Crippen molar-refractivity contribution < 1.29 is 0 Å². The molecule has 2 aliphatic heterocycles. The van der Waals surface area contributed by atoms with E-state index in [0.29, 0.717) is 6.04 Å². The highest BCUT2D eigenvalue weighted by Crippen LogP contribution is 2.21. The molecule has 2 unspecified atom stereocenters. The molecule has 3 nitrogen and oxygen atoms in total. The molecule has 0 aromatic heterocycles. The fourth-order valence-corrected chi connectivity index (χ4v) is 2.87. The van der Waals surface area contributed by atoms with Gasteiger partial charge in [0.25, 0.3) is 0 Å². The Morgan fingerprint density at radius 3 is 2.86 bits per heavy atom. The number of hydrogen-bond donors (Lipinski definition) is 2. The van der Waals surface area contributed by atoms with E-state index in [4.69, 9.17) is 5.73 Å². The number of nitrogens with two attached hydrogens (primary N) is 1. The number of nitrogens with one attached hydrogen (secondary N) is 1. The fraction of sp³-hybridized carbons (Fsp3) is 1.00. The van der Waals surface area contributed by atoms with Crippen LogP contribution in [0.5, 0.6) is 0 Å². The molecule has 2 heterocycles. The van der Waals surface area contributed by atoms with Crippen LogP contribution in [0.2, 0.25) is 0 Å². The number of hydrogen-bond acceptors (Lipinski definition) is 3. The molecule has 0 bridgehead atoms. The minimum Gasteiger partial charge on any atom is -0.329 e. The molecule has 14 heavy (non-hydrogen) atoms. The molecule has 0 spiro atoms. The SMILES string of the molecule is NCC1CCCCN1C1CCCNC1. The molecule has 3 N–H and O–H groups in total. The van der Waals surface area contributed by atoms with E-state index in [1.54, 1.807) is 0 Å². The number of nitrogens with zero attached hydrogens (tertiary/aromatic N) is 1. The molecule has 0 amide bonds. The van der Waals surface area contributed by atoms with Crippen LogP contribution in [-0.4, -0.2) is 43.2 Å². The van der Waals surface area contributed by atoms with Crippen molar-refractivity contribution in [3.05, 3.63) is 0 Å². The molecule has 82 valence electrons. The summed E-state index contributed by atoms with van der Waals surface area (Å²) in [4.78, 5) is 2.66. The Balaban J connectivity index is 1.91. The van der Waals surface area contributed by atoms with Gasteiger partial charge in [-0.05, 0) is 38.8 Å². The highest BCUT2D eigenvalue weighted by Gasteiger charge is 2.28. The van der Waals surface area contributed by atoms with E-state index in [0.717, 1.165) is 12.6 Å². The lowest BCUT2D eigenvalue weighted by atomic mass is 9.96. The van der Waals surface area contributed by atoms with Crippen LogP contribution < -0.4 is 11.1 Å². The van der Waals surface area contributed by atoms with Crippen LogP contribution in [0.25, 0.3) is 0 Å². The van der Waals surface area contributed by atoms with Gasteiger partial charge in [0.2, 0.25) is 0 Å². The maximum atomic E-state index is 5.84. The Kier molecular flexibility index (Phi) is 3.79. The van der Waals surface area contributed by atoms with Gasteiger partial charge >= 0.3 is 0 Å². The maximum absolute atomic E-state index is 5.84. The summed E-state index contributed by atoms with van der Waals surface area (Å²) >= 11 is 0. The minimum atomic E-state index is 0.661. The third kappa shape index (κ3) is 2.27. The third-order valence-corrected chi connectivity index (χ3v) is 3.68. The van der Waals surface area contributed by atoms with Crippen LogP contribution in [0, 0.1) is 0 Å². The number of piperidine rings is 2. The second-order valence-corrected chi connectivity index (χ2v) is 4.62. The summed E-state index contributed by atoms with van der Waals surface area (Å²) in [5.74, 6) is 0. The average Bonchev–Trinajstić information content (AvgIpc) is 2.30. The van der Waals surface area contributed by atoms with Crippen molar-refractivity contribution in [3.63, 3.8) is 0 Å². The average molecular weight is 197 g/mol. The molecule has 0 radical (unpaired) electrons. The largest absolute Gasteiger partial charge is 0.329 e. The molecule has 3 heteroatoms. The molecule has 2 aliphatic rings. The van der Waals surface area contributed by atoms with E-state index in [1.165, 1.54) is 51.7 Å². The summed E-state index contributed by atoms with van der Waals surface area (Å²) in [5.41, 5.74) is 5.84. The topological polar surface area (TPSA) is 41.3 Å². The lowest BCUT2D eigenvalue weighted by Gasteiger charge is -2.42. The Hall–Kier alpha value is -0.120. The summed E-state index contributed by atoms with van der Waals surface area (Å²) in [6, 6.07) is 1.42. The third-order valence-electron chi connectivity index (χ3n) is 3.68. The minimum absolute atomic E-state index is 0.661. The van der Waals surface area contributed by atoms with Crippen molar-refractivity contribution >= 4 is 0 Å². The zero-order valence-corrected chi connectivity index (χ0v) is 9.04. The normalized spacial score (nSPS) is 35.8. The second kappa shape index (κ2) is 5.10. The van der Waals surface area contributed by atoms with E-state index in [1.807, 2.05) is 0 Å². The Labute approximate surface area is 87.0 Å². The van der Waals surface area contributed by atoms with Crippen LogP contribution in [-0.2, 0) is 0 Å². The monoisotopic (exact) mass is 197 g/mol. The Bertz CT molecular complexity index is 166. The van der Waals surface area contributed by atoms with E-state index < -0.39 is 0 Å². The molecule has 0 saturated carbocycles. The van der Waals surface area contributed by atoms with Crippen molar-refractivity contribution in [3.8, 4) is 0 Å². The second-order valence-electron chi connectivity index (χ2n) is 4.62. The summed E-state index contributed by atoms with van der Waals surface area (Å²) in [5, 5.41) is 3.49. The molecular weight excluding hydrogens is 174 g/mol. The molecule has 0 aromatic carbocycles. The van der Waals surface area contributed by atoms with Gasteiger partial charge in [-0.25, -0.2) is 0 Å². The molecule has 2 fully saturated rings. The van der Waals surface area contributed by atoms with Crippen molar-refractivity contribution in [2.75, 3.05) is 26.2 Å². The Morgan fingerprint density at radius 2 is 2.14 bits per heavy atom. The quantitative estimate of drug-likeness (QED) is 0.679. The Morgan fingerprint density at radius 1 is 1.21 bits per heavy atom. The number of rotatable bonds is 2. The first-order valence-electron chi connectivity index (χ1n) is 6.08. The van der Waals surface area contributed by atoms with Gasteiger partial charge in [-0.1, -0.05) is 6.42 Å². The standard InChI is InChI=1S/C11H23N3/c12-8-10-4-1-2-7-14(10)11-5-3-6-13-9-11/h10-11,13H,1-9,12H2. The first-order valence-corrected chi connectivity index (χ1v) is 6.08. The molecular formula is C11H23N3. The van der Waals surface area contributed by atoms with Crippen LogP contribution in [0.1, 0.15) is 32.1 Å². The summed E-state index contributed by atoms with van der Waals surface area (Å²) in [7, 11) is 0. The van der Waals surface area contributed by atoms with Crippen LogP contribution >= 0.6 is 0 Å². The van der Waals surface area contributed by atoms with Crippen LogP contribution in [0.3, 0.4) is 0 Å². The van der Waals surface area contributed by atoms with Gasteiger partial charge in [-0.15, -0.1) is 0 Å². The first kappa shape index (κ1) is 10.4. The summed E-state index contributed by atoms with van der Waals surface area (Å²) in [6.45, 7) is 4.50. The van der Waals surface area contributed by atoms with Gasteiger partial charge < -0.3 is 11.1 Å². The van der Waals surface area contributed by atoms with Gasteiger partial charge in [0.15, 0.2) is 0 Å². The zero-order valence-electron chi connectivity index (χ0n) is 9.04. The molecule has 2 rings (SSSR count). The predicted molar refractivity (Wildman–Crippen MR) is 59.3 cm³/mol. The fourth-order valence-electron chi connectivity index (χ4n) is 2.87. The first-order chi connectivity index (χ1) is 6.92. The highest BCUT2D eigenvalue weighted by molar-refractivity contribution is 4.86. The van der Waals surface area contributed by atoms with E-state index in [9.17, 15) is 0 Å². The molecule has 0 aliphatic carbocycles. The van der Waals surface area contributed by atoms with Crippen molar-refractivity contribution in [2.24, 2.45) is 5.73 Å². The van der Waals surface area contributed by atoms with E-state index >= 15 is 0 Å². The maximum Gasteiger partial charge on any atom is 0.0224 e. The van der Waals surface area contributed by atoms with Crippen molar-refractivity contribution in [2.45, 2.75) is 44.2 Å². The zero-order chi connectivity index (χ0) is 9.80. The molecule has 2 atom stereocenters.